The van der Waals surface area contributed by atoms with E-state index in [1.165, 1.54) is 12.1 Å². The molecule has 1 aromatic carbocycles. The first-order chi connectivity index (χ1) is 8.24. The zero-order valence-electron chi connectivity index (χ0n) is 8.80. The number of benzene rings is 1. The summed E-state index contributed by atoms with van der Waals surface area (Å²) in [6.45, 7) is 1.53. The Morgan fingerprint density at radius 1 is 1.41 bits per heavy atom. The van der Waals surface area contributed by atoms with Crippen LogP contribution in [0.2, 0.25) is 0 Å². The fourth-order valence-corrected chi connectivity index (χ4v) is 1.78. The molecule has 0 bridgehead atoms. The predicted molar refractivity (Wildman–Crippen MR) is 62.2 cm³/mol. The van der Waals surface area contributed by atoms with Crippen molar-refractivity contribution in [1.82, 2.24) is 15.3 Å². The lowest BCUT2D eigenvalue weighted by molar-refractivity contribution is -0.384. The molecule has 1 aromatic heterocycles. The van der Waals surface area contributed by atoms with Gasteiger partial charge in [0.2, 0.25) is 0 Å². The smallest absolute Gasteiger partial charge is 0.271 e. The summed E-state index contributed by atoms with van der Waals surface area (Å²) in [5.74, 6) is 1.34. The van der Waals surface area contributed by atoms with Crippen molar-refractivity contribution in [2.75, 3.05) is 13.1 Å². The molecule has 1 aliphatic rings. The third-order valence-corrected chi connectivity index (χ3v) is 2.57. The van der Waals surface area contributed by atoms with Gasteiger partial charge in [0.1, 0.15) is 0 Å². The topological polar surface area (TPSA) is 96.2 Å². The number of imidazole rings is 1. The van der Waals surface area contributed by atoms with Crippen molar-refractivity contribution in [3.63, 3.8) is 0 Å². The molecule has 0 atom stereocenters. The highest BCUT2D eigenvalue weighted by Crippen LogP contribution is 2.19. The lowest BCUT2D eigenvalue weighted by Crippen LogP contribution is -2.20. The van der Waals surface area contributed by atoms with Crippen LogP contribution < -0.4 is 5.32 Å². The normalized spacial score (nSPS) is 14.7. The maximum absolute atomic E-state index is 10.6. The van der Waals surface area contributed by atoms with Gasteiger partial charge in [0.25, 0.3) is 5.69 Å². The molecule has 0 aliphatic carbocycles. The van der Waals surface area contributed by atoms with E-state index in [0.29, 0.717) is 22.7 Å². The minimum atomic E-state index is -0.425. The van der Waals surface area contributed by atoms with E-state index in [0.717, 1.165) is 13.1 Å². The Morgan fingerprint density at radius 2 is 2.29 bits per heavy atom. The van der Waals surface area contributed by atoms with Gasteiger partial charge in [0.05, 0.1) is 22.5 Å². The van der Waals surface area contributed by atoms with Crippen LogP contribution in [0.15, 0.2) is 23.2 Å². The van der Waals surface area contributed by atoms with Crippen molar-refractivity contribution in [1.29, 1.82) is 0 Å². The molecule has 0 saturated carbocycles. The molecule has 7 heteroatoms. The Balaban J connectivity index is 2.09. The molecule has 17 heavy (non-hydrogen) atoms. The van der Waals surface area contributed by atoms with Gasteiger partial charge in [-0.25, -0.2) is 4.98 Å². The molecule has 2 aromatic rings. The number of aromatic nitrogens is 2. The first kappa shape index (κ1) is 9.76. The summed E-state index contributed by atoms with van der Waals surface area (Å²) in [6.07, 6.45) is 0. The number of aromatic amines is 1. The first-order valence-electron chi connectivity index (χ1n) is 5.17. The lowest BCUT2D eigenvalue weighted by atomic mass is 10.3. The molecular weight excluding hydrogens is 222 g/mol. The molecule has 0 saturated heterocycles. The lowest BCUT2D eigenvalue weighted by Gasteiger charge is -1.94. The highest BCUT2D eigenvalue weighted by Gasteiger charge is 2.14. The third-order valence-electron chi connectivity index (χ3n) is 2.57. The number of aliphatic imine (C=N–C) groups is 1. The molecule has 7 nitrogen and oxygen atoms in total. The van der Waals surface area contributed by atoms with Crippen molar-refractivity contribution >= 4 is 22.6 Å². The zero-order chi connectivity index (χ0) is 11.8. The van der Waals surface area contributed by atoms with Gasteiger partial charge in [0.15, 0.2) is 11.7 Å². The molecule has 86 valence electrons. The maximum Gasteiger partial charge on any atom is 0.271 e. The molecular formula is C10H9N5O2. The number of fused-ring (bicyclic) bond motifs is 1. The van der Waals surface area contributed by atoms with Gasteiger partial charge in [-0.2, -0.15) is 0 Å². The minimum Gasteiger partial charge on any atom is -0.365 e. The highest BCUT2D eigenvalue weighted by molar-refractivity contribution is 5.99. The van der Waals surface area contributed by atoms with E-state index in [-0.39, 0.29) is 5.69 Å². The molecule has 0 unspecified atom stereocenters. The Kier molecular flexibility index (Phi) is 2.04. The molecule has 2 heterocycles. The zero-order valence-corrected chi connectivity index (χ0v) is 8.80. The largest absolute Gasteiger partial charge is 0.365 e. The third kappa shape index (κ3) is 1.61. The van der Waals surface area contributed by atoms with Gasteiger partial charge in [-0.15, -0.1) is 0 Å². The van der Waals surface area contributed by atoms with Crippen LogP contribution in [0.1, 0.15) is 5.82 Å². The van der Waals surface area contributed by atoms with Crippen LogP contribution in [0.25, 0.3) is 11.0 Å². The van der Waals surface area contributed by atoms with Crippen molar-refractivity contribution in [2.24, 2.45) is 4.99 Å². The molecule has 0 amide bonds. The van der Waals surface area contributed by atoms with Gasteiger partial charge >= 0.3 is 0 Å². The first-order valence-corrected chi connectivity index (χ1v) is 5.17. The average Bonchev–Trinajstić information content (AvgIpc) is 2.96. The van der Waals surface area contributed by atoms with Crippen LogP contribution in [0.5, 0.6) is 0 Å². The Bertz CT molecular complexity index is 631. The second kappa shape index (κ2) is 3.55. The monoisotopic (exact) mass is 231 g/mol. The molecule has 1 aliphatic heterocycles. The van der Waals surface area contributed by atoms with Crippen LogP contribution in [-0.4, -0.2) is 33.8 Å². The van der Waals surface area contributed by atoms with E-state index in [1.54, 1.807) is 6.07 Å². The highest BCUT2D eigenvalue weighted by atomic mass is 16.6. The summed E-state index contributed by atoms with van der Waals surface area (Å²) in [6, 6.07) is 4.54. The number of nitrogens with one attached hydrogen (secondary N) is 2. The van der Waals surface area contributed by atoms with E-state index < -0.39 is 4.92 Å². The fraction of sp³-hybridized carbons (Fsp3) is 0.200. The van der Waals surface area contributed by atoms with Crippen LogP contribution in [0.4, 0.5) is 5.69 Å². The summed E-state index contributed by atoms with van der Waals surface area (Å²) in [4.78, 5) is 21.8. The van der Waals surface area contributed by atoms with Crippen molar-refractivity contribution < 1.29 is 4.92 Å². The van der Waals surface area contributed by atoms with Gasteiger partial charge < -0.3 is 10.3 Å². The van der Waals surface area contributed by atoms with Crippen LogP contribution in [-0.2, 0) is 0 Å². The summed E-state index contributed by atoms with van der Waals surface area (Å²) < 4.78 is 0. The Hall–Kier alpha value is -2.44. The molecule has 0 radical (unpaired) electrons. The SMILES string of the molecule is O=[N+]([O-])c1ccc2nc(C3=NCCN3)[nH]c2c1. The second-order valence-corrected chi connectivity index (χ2v) is 3.70. The van der Waals surface area contributed by atoms with Crippen molar-refractivity contribution in [3.8, 4) is 0 Å². The Morgan fingerprint density at radius 3 is 3.00 bits per heavy atom. The average molecular weight is 231 g/mol. The quantitative estimate of drug-likeness (QED) is 0.590. The van der Waals surface area contributed by atoms with Crippen molar-refractivity contribution in [3.05, 3.63) is 34.1 Å². The summed E-state index contributed by atoms with van der Waals surface area (Å²) in [5, 5.41) is 13.7. The number of rotatable bonds is 2. The molecule has 2 N–H and O–H groups in total. The van der Waals surface area contributed by atoms with Crippen molar-refractivity contribution in [2.45, 2.75) is 0 Å². The summed E-state index contributed by atoms with van der Waals surface area (Å²) in [7, 11) is 0. The van der Waals surface area contributed by atoms with Gasteiger partial charge in [-0.3, -0.25) is 15.1 Å². The van der Waals surface area contributed by atoms with Crippen LogP contribution >= 0.6 is 0 Å². The fourth-order valence-electron chi connectivity index (χ4n) is 1.78. The molecule has 0 fully saturated rings. The van der Waals surface area contributed by atoms with Crippen LogP contribution in [0.3, 0.4) is 0 Å². The minimum absolute atomic E-state index is 0.0500. The summed E-state index contributed by atoms with van der Waals surface area (Å²) in [5.41, 5.74) is 1.39. The van der Waals surface area contributed by atoms with E-state index in [9.17, 15) is 10.1 Å². The maximum atomic E-state index is 10.6. The van der Waals surface area contributed by atoms with Gasteiger partial charge in [-0.1, -0.05) is 0 Å². The number of non-ortho nitro benzene ring substituents is 1. The number of H-pyrrole nitrogens is 1. The van der Waals surface area contributed by atoms with E-state index >= 15 is 0 Å². The van der Waals surface area contributed by atoms with E-state index in [2.05, 4.69) is 20.3 Å². The van der Waals surface area contributed by atoms with Crippen LogP contribution in [0, 0.1) is 10.1 Å². The molecule has 3 rings (SSSR count). The number of hydrogen-bond donors (Lipinski definition) is 2. The predicted octanol–water partition coefficient (Wildman–Crippen LogP) is 0.821. The van der Waals surface area contributed by atoms with Gasteiger partial charge in [0, 0.05) is 18.7 Å². The van der Waals surface area contributed by atoms with Gasteiger partial charge in [-0.05, 0) is 6.07 Å². The summed E-state index contributed by atoms with van der Waals surface area (Å²) >= 11 is 0. The number of nitrogens with zero attached hydrogens (tertiary/aromatic N) is 3. The van der Waals surface area contributed by atoms with E-state index in [1.807, 2.05) is 0 Å². The van der Waals surface area contributed by atoms with E-state index in [4.69, 9.17) is 0 Å². The second-order valence-electron chi connectivity index (χ2n) is 3.70. The number of nitro groups is 1. The molecule has 0 spiro atoms. The Labute approximate surface area is 95.7 Å². The number of amidine groups is 1. The standard InChI is InChI=1S/C10H9N5O2/c16-15(17)6-1-2-7-8(5-6)14-10(13-7)9-11-3-4-12-9/h1-2,5H,3-4H2,(H,11,12)(H,13,14). The number of nitro benzene ring substituents is 1. The number of hydrogen-bond acceptors (Lipinski definition) is 5.